The molecule has 0 saturated heterocycles. The summed E-state index contributed by atoms with van der Waals surface area (Å²) in [6.07, 6.45) is 1.09. The van der Waals surface area contributed by atoms with E-state index in [4.69, 9.17) is 5.73 Å². The van der Waals surface area contributed by atoms with E-state index < -0.39 is 0 Å². The fourth-order valence-corrected chi connectivity index (χ4v) is 3.65. The van der Waals surface area contributed by atoms with E-state index >= 15 is 0 Å². The molecular weight excluding hydrogens is 216 g/mol. The molecule has 0 saturated carbocycles. The second-order valence-corrected chi connectivity index (χ2v) is 5.64. The van der Waals surface area contributed by atoms with Crippen molar-refractivity contribution >= 4 is 17.4 Å². The van der Waals surface area contributed by atoms with Gasteiger partial charge in [0.2, 0.25) is 0 Å². The molecule has 16 heavy (non-hydrogen) atoms. The zero-order valence-corrected chi connectivity index (χ0v) is 11.1. The maximum absolute atomic E-state index is 5.84. The molecule has 2 atom stereocenters. The van der Waals surface area contributed by atoms with Crippen molar-refractivity contribution in [2.45, 2.75) is 36.5 Å². The van der Waals surface area contributed by atoms with Crippen molar-refractivity contribution < 1.29 is 0 Å². The van der Waals surface area contributed by atoms with Crippen molar-refractivity contribution in [1.82, 2.24) is 0 Å². The number of rotatable bonds is 2. The third kappa shape index (κ3) is 1.82. The van der Waals surface area contributed by atoms with Crippen LogP contribution in [0.1, 0.15) is 19.4 Å². The molecule has 2 unspecified atom stereocenters. The highest BCUT2D eigenvalue weighted by atomic mass is 32.2. The minimum atomic E-state index is 0.504. The van der Waals surface area contributed by atoms with E-state index in [2.05, 4.69) is 44.0 Å². The van der Waals surface area contributed by atoms with Crippen molar-refractivity contribution in [2.75, 3.05) is 18.5 Å². The van der Waals surface area contributed by atoms with Crippen molar-refractivity contribution in [3.63, 3.8) is 0 Å². The molecule has 0 aromatic heterocycles. The van der Waals surface area contributed by atoms with Crippen LogP contribution in [0, 0.1) is 0 Å². The summed E-state index contributed by atoms with van der Waals surface area (Å²) in [7, 11) is 2.19. The van der Waals surface area contributed by atoms with Crippen LogP contribution in [0.15, 0.2) is 23.1 Å². The monoisotopic (exact) mass is 236 g/mol. The summed E-state index contributed by atoms with van der Waals surface area (Å²) in [5.41, 5.74) is 8.69. The van der Waals surface area contributed by atoms with Gasteiger partial charge in [0.25, 0.3) is 0 Å². The van der Waals surface area contributed by atoms with Gasteiger partial charge in [-0.15, -0.1) is 11.8 Å². The molecule has 2 N–H and O–H groups in total. The summed E-state index contributed by atoms with van der Waals surface area (Å²) < 4.78 is 0. The van der Waals surface area contributed by atoms with Crippen LogP contribution >= 0.6 is 11.8 Å². The molecule has 3 heteroatoms. The molecule has 1 aromatic carbocycles. The topological polar surface area (TPSA) is 29.3 Å². The van der Waals surface area contributed by atoms with Crippen LogP contribution in [0.3, 0.4) is 0 Å². The Kier molecular flexibility index (Phi) is 3.45. The van der Waals surface area contributed by atoms with E-state index in [-0.39, 0.29) is 0 Å². The zero-order chi connectivity index (χ0) is 11.7. The van der Waals surface area contributed by atoms with Gasteiger partial charge in [-0.05, 0) is 25.0 Å². The molecule has 0 bridgehead atoms. The maximum atomic E-state index is 5.84. The molecule has 0 radical (unpaired) electrons. The van der Waals surface area contributed by atoms with Crippen LogP contribution in [0.25, 0.3) is 0 Å². The molecule has 2 nitrogen and oxygen atoms in total. The van der Waals surface area contributed by atoms with Gasteiger partial charge in [-0.3, -0.25) is 0 Å². The van der Waals surface area contributed by atoms with Crippen LogP contribution in [0.5, 0.6) is 0 Å². The van der Waals surface area contributed by atoms with Crippen molar-refractivity contribution in [1.29, 1.82) is 0 Å². The molecule has 2 rings (SSSR count). The lowest BCUT2D eigenvalue weighted by molar-refractivity contribution is 0.634. The van der Waals surface area contributed by atoms with Gasteiger partial charge in [0.05, 0.1) is 5.69 Å². The second-order valence-electron chi connectivity index (χ2n) is 4.36. The number of fused-ring (bicyclic) bond motifs is 1. The Morgan fingerprint density at radius 1 is 1.44 bits per heavy atom. The molecule has 0 spiro atoms. The molecule has 88 valence electrons. The first-order valence-corrected chi connectivity index (χ1v) is 6.78. The summed E-state index contributed by atoms with van der Waals surface area (Å²) in [4.78, 5) is 3.78. The minimum absolute atomic E-state index is 0.504. The molecule has 1 aromatic rings. The third-order valence-corrected chi connectivity index (χ3v) is 4.95. The number of benzene rings is 1. The number of nitrogens with two attached hydrogens (primary N) is 1. The quantitative estimate of drug-likeness (QED) is 0.855. The fraction of sp³-hybridized carbons (Fsp3) is 0.538. The Bertz CT molecular complexity index is 378. The van der Waals surface area contributed by atoms with Gasteiger partial charge in [0.1, 0.15) is 0 Å². The second kappa shape index (κ2) is 4.68. The Morgan fingerprint density at radius 3 is 2.81 bits per heavy atom. The summed E-state index contributed by atoms with van der Waals surface area (Å²) in [6.45, 7) is 5.22. The van der Waals surface area contributed by atoms with Crippen molar-refractivity contribution in [2.24, 2.45) is 5.73 Å². The molecule has 1 aliphatic heterocycles. The highest BCUT2D eigenvalue weighted by Gasteiger charge is 2.29. The summed E-state index contributed by atoms with van der Waals surface area (Å²) in [6, 6.07) is 7.10. The van der Waals surface area contributed by atoms with Gasteiger partial charge in [-0.2, -0.15) is 0 Å². The number of aryl methyl sites for hydroxylation is 1. The Hall–Kier alpha value is -0.670. The summed E-state index contributed by atoms with van der Waals surface area (Å²) >= 11 is 1.93. The van der Waals surface area contributed by atoms with Crippen molar-refractivity contribution in [3.05, 3.63) is 23.8 Å². The molecular formula is C13H20N2S. The minimum Gasteiger partial charge on any atom is -0.370 e. The van der Waals surface area contributed by atoms with Crippen LogP contribution in [-0.4, -0.2) is 24.9 Å². The smallest absolute Gasteiger partial charge is 0.0537 e. The van der Waals surface area contributed by atoms with Crippen LogP contribution in [0.4, 0.5) is 5.69 Å². The lowest BCUT2D eigenvalue weighted by Crippen LogP contribution is -2.44. The predicted molar refractivity (Wildman–Crippen MR) is 72.4 cm³/mol. The van der Waals surface area contributed by atoms with Crippen LogP contribution in [0.2, 0.25) is 0 Å². The van der Waals surface area contributed by atoms with E-state index in [1.165, 1.54) is 16.1 Å². The number of para-hydroxylation sites is 1. The lowest BCUT2D eigenvalue weighted by atomic mass is 10.1. The highest BCUT2D eigenvalue weighted by molar-refractivity contribution is 8.00. The average Bonchev–Trinajstić information content (AvgIpc) is 2.32. The molecule has 0 amide bonds. The average molecular weight is 236 g/mol. The van der Waals surface area contributed by atoms with E-state index in [0.29, 0.717) is 11.3 Å². The van der Waals surface area contributed by atoms with Crippen LogP contribution < -0.4 is 10.6 Å². The number of hydrogen-bond acceptors (Lipinski definition) is 3. The van der Waals surface area contributed by atoms with Gasteiger partial charge in [-0.1, -0.05) is 19.1 Å². The number of nitrogens with zero attached hydrogens (tertiary/aromatic N) is 1. The van der Waals surface area contributed by atoms with E-state index in [0.717, 1.165) is 13.0 Å². The Labute approximate surface area is 102 Å². The highest BCUT2D eigenvalue weighted by Crippen LogP contribution is 2.42. The fourth-order valence-electron chi connectivity index (χ4n) is 2.31. The molecule has 1 heterocycles. The molecule has 1 aliphatic rings. The van der Waals surface area contributed by atoms with E-state index in [1.54, 1.807) is 0 Å². The standard InChI is InChI=1S/C13H20N2S/c1-4-10-6-5-7-11-13(10)15(3)9(2)12(8-14)16-11/h5-7,9,12H,4,8,14H2,1-3H3. The molecule has 0 fully saturated rings. The summed E-state index contributed by atoms with van der Waals surface area (Å²) in [5, 5.41) is 0.504. The van der Waals surface area contributed by atoms with Gasteiger partial charge >= 0.3 is 0 Å². The third-order valence-electron chi connectivity index (χ3n) is 3.48. The Balaban J connectivity index is 2.45. The SMILES string of the molecule is CCc1cccc2c1N(C)C(C)C(CN)S2. The zero-order valence-electron chi connectivity index (χ0n) is 10.2. The normalized spacial score (nSPS) is 24.4. The van der Waals surface area contributed by atoms with Crippen molar-refractivity contribution in [3.8, 4) is 0 Å². The van der Waals surface area contributed by atoms with Gasteiger partial charge in [-0.25, -0.2) is 0 Å². The van der Waals surface area contributed by atoms with Crippen LogP contribution in [-0.2, 0) is 6.42 Å². The number of hydrogen-bond donors (Lipinski definition) is 1. The number of anilines is 1. The number of thioether (sulfide) groups is 1. The van der Waals surface area contributed by atoms with E-state index in [9.17, 15) is 0 Å². The first-order valence-electron chi connectivity index (χ1n) is 5.90. The predicted octanol–water partition coefficient (Wildman–Crippen LogP) is 2.51. The molecule has 0 aliphatic carbocycles. The Morgan fingerprint density at radius 2 is 2.19 bits per heavy atom. The first-order chi connectivity index (χ1) is 7.69. The first kappa shape index (κ1) is 11.8. The van der Waals surface area contributed by atoms with Gasteiger partial charge in [0.15, 0.2) is 0 Å². The van der Waals surface area contributed by atoms with E-state index in [1.807, 2.05) is 11.8 Å². The largest absolute Gasteiger partial charge is 0.370 e. The maximum Gasteiger partial charge on any atom is 0.0537 e. The van der Waals surface area contributed by atoms with Gasteiger partial charge in [0, 0.05) is 29.8 Å². The summed E-state index contributed by atoms with van der Waals surface area (Å²) in [5.74, 6) is 0. The van der Waals surface area contributed by atoms with Gasteiger partial charge < -0.3 is 10.6 Å². The lowest BCUT2D eigenvalue weighted by Gasteiger charge is -2.40.